The number of hydrogen-bond acceptors (Lipinski definition) is 3. The standard InChI is InChI=1S/C16H16F2O3/c1-10(19)11-6-7-15(16(8-11)20-2)21-9-12-13(17)4-3-5-14(12)18/h3-8,10,19H,9H2,1-2H3/t10-/m1/s1. The number of methoxy groups -OCH3 is 1. The first-order chi connectivity index (χ1) is 10.0. The molecule has 0 heterocycles. The number of hydrogen-bond donors (Lipinski definition) is 1. The molecule has 0 spiro atoms. The normalized spacial score (nSPS) is 12.0. The quantitative estimate of drug-likeness (QED) is 0.915. The number of ether oxygens (including phenoxy) is 2. The molecule has 0 radical (unpaired) electrons. The van der Waals surface area contributed by atoms with Crippen molar-refractivity contribution in [3.63, 3.8) is 0 Å². The zero-order chi connectivity index (χ0) is 15.4. The highest BCUT2D eigenvalue weighted by atomic mass is 19.1. The molecule has 3 nitrogen and oxygen atoms in total. The van der Waals surface area contributed by atoms with E-state index in [4.69, 9.17) is 9.47 Å². The Hall–Kier alpha value is -2.14. The molecule has 5 heteroatoms. The minimum Gasteiger partial charge on any atom is -0.493 e. The lowest BCUT2D eigenvalue weighted by molar-refractivity contribution is 0.198. The predicted molar refractivity (Wildman–Crippen MR) is 74.3 cm³/mol. The number of halogens is 2. The molecule has 0 bridgehead atoms. The summed E-state index contributed by atoms with van der Waals surface area (Å²) in [7, 11) is 1.46. The largest absolute Gasteiger partial charge is 0.493 e. The molecule has 0 aliphatic rings. The summed E-state index contributed by atoms with van der Waals surface area (Å²) in [5.74, 6) is -0.571. The van der Waals surface area contributed by atoms with E-state index in [0.29, 0.717) is 17.1 Å². The monoisotopic (exact) mass is 294 g/mol. The second-order valence-corrected chi connectivity index (χ2v) is 4.58. The van der Waals surface area contributed by atoms with Gasteiger partial charge in [-0.15, -0.1) is 0 Å². The van der Waals surface area contributed by atoms with Crippen LogP contribution in [0.2, 0.25) is 0 Å². The third-order valence-corrected chi connectivity index (χ3v) is 3.10. The Morgan fingerprint density at radius 2 is 1.76 bits per heavy atom. The van der Waals surface area contributed by atoms with Crippen molar-refractivity contribution in [3.05, 3.63) is 59.2 Å². The van der Waals surface area contributed by atoms with E-state index in [1.807, 2.05) is 0 Å². The first-order valence-corrected chi connectivity index (χ1v) is 6.44. The summed E-state index contributed by atoms with van der Waals surface area (Å²) < 4.78 is 37.6. The van der Waals surface area contributed by atoms with Crippen LogP contribution < -0.4 is 9.47 Å². The summed E-state index contributed by atoms with van der Waals surface area (Å²) >= 11 is 0. The Balaban J connectivity index is 2.20. The summed E-state index contributed by atoms with van der Waals surface area (Å²) in [5.41, 5.74) is 0.524. The minimum absolute atomic E-state index is 0.140. The Kier molecular flexibility index (Phi) is 4.75. The van der Waals surface area contributed by atoms with E-state index in [1.165, 1.54) is 25.3 Å². The molecule has 0 aromatic heterocycles. The van der Waals surface area contributed by atoms with Gasteiger partial charge in [0, 0.05) is 0 Å². The van der Waals surface area contributed by atoms with Crippen molar-refractivity contribution >= 4 is 0 Å². The van der Waals surface area contributed by atoms with Gasteiger partial charge in [0.25, 0.3) is 0 Å². The van der Waals surface area contributed by atoms with Crippen LogP contribution in [-0.2, 0) is 6.61 Å². The van der Waals surface area contributed by atoms with Crippen LogP contribution in [0.15, 0.2) is 36.4 Å². The third kappa shape index (κ3) is 3.49. The average Bonchev–Trinajstić information content (AvgIpc) is 2.46. The molecule has 1 N–H and O–H groups in total. The first-order valence-electron chi connectivity index (χ1n) is 6.44. The molecular formula is C16H16F2O3. The summed E-state index contributed by atoms with van der Waals surface area (Å²) in [6.07, 6.45) is -0.642. The molecular weight excluding hydrogens is 278 g/mol. The van der Waals surface area contributed by atoms with E-state index in [1.54, 1.807) is 25.1 Å². The fraction of sp³-hybridized carbons (Fsp3) is 0.250. The Labute approximate surface area is 121 Å². The molecule has 2 aromatic carbocycles. The van der Waals surface area contributed by atoms with Crippen molar-refractivity contribution in [1.82, 2.24) is 0 Å². The maximum Gasteiger partial charge on any atom is 0.161 e. The highest BCUT2D eigenvalue weighted by molar-refractivity contribution is 5.43. The zero-order valence-corrected chi connectivity index (χ0v) is 11.8. The summed E-state index contributed by atoms with van der Waals surface area (Å²) in [4.78, 5) is 0. The summed E-state index contributed by atoms with van der Waals surface area (Å²) in [5, 5.41) is 9.52. The zero-order valence-electron chi connectivity index (χ0n) is 11.8. The topological polar surface area (TPSA) is 38.7 Å². The molecule has 1 atom stereocenters. The number of aliphatic hydroxyl groups is 1. The van der Waals surface area contributed by atoms with Gasteiger partial charge in [0.05, 0.1) is 18.8 Å². The Morgan fingerprint density at radius 3 is 2.33 bits per heavy atom. The van der Waals surface area contributed by atoms with Gasteiger partial charge >= 0.3 is 0 Å². The average molecular weight is 294 g/mol. The fourth-order valence-corrected chi connectivity index (χ4v) is 1.88. The Bertz CT molecular complexity index is 607. The minimum atomic E-state index is -0.658. The van der Waals surface area contributed by atoms with Crippen molar-refractivity contribution < 1.29 is 23.4 Å². The van der Waals surface area contributed by atoms with Gasteiger partial charge in [-0.05, 0) is 36.8 Å². The third-order valence-electron chi connectivity index (χ3n) is 3.10. The molecule has 0 aliphatic heterocycles. The predicted octanol–water partition coefficient (Wildman–Crippen LogP) is 3.61. The van der Waals surface area contributed by atoms with E-state index >= 15 is 0 Å². The highest BCUT2D eigenvalue weighted by Gasteiger charge is 2.12. The number of aliphatic hydroxyl groups excluding tert-OH is 1. The lowest BCUT2D eigenvalue weighted by Crippen LogP contribution is -2.03. The van der Waals surface area contributed by atoms with Crippen LogP contribution in [0.5, 0.6) is 11.5 Å². The molecule has 0 unspecified atom stereocenters. The van der Waals surface area contributed by atoms with Crippen LogP contribution in [0.4, 0.5) is 8.78 Å². The Morgan fingerprint density at radius 1 is 1.10 bits per heavy atom. The summed E-state index contributed by atoms with van der Waals surface area (Å²) in [6.45, 7) is 1.38. The fourth-order valence-electron chi connectivity index (χ4n) is 1.88. The van der Waals surface area contributed by atoms with Crippen LogP contribution in [0.25, 0.3) is 0 Å². The second-order valence-electron chi connectivity index (χ2n) is 4.58. The molecule has 0 saturated heterocycles. The number of rotatable bonds is 5. The van der Waals surface area contributed by atoms with Crippen molar-refractivity contribution in [2.24, 2.45) is 0 Å². The maximum atomic E-state index is 13.5. The molecule has 2 rings (SSSR count). The van der Waals surface area contributed by atoms with Gasteiger partial charge in [0.2, 0.25) is 0 Å². The van der Waals surface area contributed by atoms with Gasteiger partial charge < -0.3 is 14.6 Å². The van der Waals surface area contributed by atoms with Crippen LogP contribution in [0.1, 0.15) is 24.2 Å². The van der Waals surface area contributed by atoms with E-state index in [0.717, 1.165) is 0 Å². The van der Waals surface area contributed by atoms with Gasteiger partial charge in [-0.25, -0.2) is 8.78 Å². The van der Waals surface area contributed by atoms with Crippen LogP contribution in [0.3, 0.4) is 0 Å². The van der Waals surface area contributed by atoms with Crippen molar-refractivity contribution in [3.8, 4) is 11.5 Å². The van der Waals surface area contributed by atoms with Gasteiger partial charge in [-0.1, -0.05) is 12.1 Å². The van der Waals surface area contributed by atoms with E-state index in [2.05, 4.69) is 0 Å². The van der Waals surface area contributed by atoms with Crippen LogP contribution in [0, 0.1) is 11.6 Å². The molecule has 0 saturated carbocycles. The number of benzene rings is 2. The van der Waals surface area contributed by atoms with E-state index < -0.39 is 17.7 Å². The SMILES string of the molecule is COc1cc([C@@H](C)O)ccc1OCc1c(F)cccc1F. The van der Waals surface area contributed by atoms with Crippen LogP contribution in [-0.4, -0.2) is 12.2 Å². The second kappa shape index (κ2) is 6.54. The lowest BCUT2D eigenvalue weighted by atomic mass is 10.1. The van der Waals surface area contributed by atoms with E-state index in [9.17, 15) is 13.9 Å². The van der Waals surface area contributed by atoms with Gasteiger partial charge in [-0.3, -0.25) is 0 Å². The van der Waals surface area contributed by atoms with Crippen molar-refractivity contribution in [2.45, 2.75) is 19.6 Å². The first kappa shape index (κ1) is 15.3. The molecule has 0 fully saturated rings. The van der Waals surface area contributed by atoms with Gasteiger partial charge in [0.1, 0.15) is 18.2 Å². The lowest BCUT2D eigenvalue weighted by Gasteiger charge is -2.14. The van der Waals surface area contributed by atoms with Gasteiger partial charge in [0.15, 0.2) is 11.5 Å². The molecule has 0 amide bonds. The van der Waals surface area contributed by atoms with E-state index in [-0.39, 0.29) is 12.2 Å². The molecule has 0 aliphatic carbocycles. The smallest absolute Gasteiger partial charge is 0.161 e. The molecule has 21 heavy (non-hydrogen) atoms. The highest BCUT2D eigenvalue weighted by Crippen LogP contribution is 2.31. The summed E-state index contributed by atoms with van der Waals surface area (Å²) in [6, 6.07) is 8.54. The molecule has 112 valence electrons. The van der Waals surface area contributed by atoms with Crippen molar-refractivity contribution in [1.29, 1.82) is 0 Å². The maximum absolute atomic E-state index is 13.5. The van der Waals surface area contributed by atoms with Crippen molar-refractivity contribution in [2.75, 3.05) is 7.11 Å². The van der Waals surface area contributed by atoms with Crippen LogP contribution >= 0.6 is 0 Å². The van der Waals surface area contributed by atoms with Gasteiger partial charge in [-0.2, -0.15) is 0 Å². The molecule has 2 aromatic rings.